The summed E-state index contributed by atoms with van der Waals surface area (Å²) in [4.78, 5) is 24.3. The number of esters is 1. The summed E-state index contributed by atoms with van der Waals surface area (Å²) < 4.78 is 24.0. The first-order chi connectivity index (χ1) is 16.0. The number of carbonyl (C=O) groups is 2. The molecular formula is C25H24FN3O4. The standard InChI is InChI=1S/C25H24FN3O4/c1-3-32-23-14-18(8-13-22(23)33-25(31)19-9-11-20(26)12-10-19)15-28-29-24(30)16-27-21-7-5-4-6-17(21)2/h4-15,27H,3,16H2,1-2H3,(H,29,30)/b28-15-. The van der Waals surface area contributed by atoms with Crippen molar-refractivity contribution < 1.29 is 23.5 Å². The number of nitrogens with one attached hydrogen (secondary N) is 2. The van der Waals surface area contributed by atoms with Crippen LogP contribution in [0.15, 0.2) is 71.8 Å². The Hall–Kier alpha value is -4.20. The van der Waals surface area contributed by atoms with Crippen LogP contribution in [0.2, 0.25) is 0 Å². The maximum absolute atomic E-state index is 13.1. The highest BCUT2D eigenvalue weighted by atomic mass is 19.1. The van der Waals surface area contributed by atoms with Gasteiger partial charge in [0, 0.05) is 5.69 Å². The number of hydrogen-bond donors (Lipinski definition) is 2. The molecule has 0 saturated heterocycles. The molecule has 0 aliphatic rings. The number of ether oxygens (including phenoxy) is 2. The van der Waals surface area contributed by atoms with E-state index in [-0.39, 0.29) is 23.8 Å². The molecule has 0 aliphatic carbocycles. The molecule has 1 amide bonds. The van der Waals surface area contributed by atoms with E-state index in [1.165, 1.54) is 30.5 Å². The molecule has 0 radical (unpaired) electrons. The maximum Gasteiger partial charge on any atom is 0.343 e. The lowest BCUT2D eigenvalue weighted by Gasteiger charge is -2.11. The van der Waals surface area contributed by atoms with E-state index in [2.05, 4.69) is 15.8 Å². The van der Waals surface area contributed by atoms with Gasteiger partial charge in [-0.2, -0.15) is 5.10 Å². The van der Waals surface area contributed by atoms with Crippen LogP contribution < -0.4 is 20.2 Å². The molecular weight excluding hydrogens is 425 g/mol. The number of carbonyl (C=O) groups excluding carboxylic acids is 2. The molecule has 0 aromatic heterocycles. The number of halogens is 1. The van der Waals surface area contributed by atoms with Crippen LogP contribution in [0.25, 0.3) is 0 Å². The van der Waals surface area contributed by atoms with Crippen LogP contribution in [0.4, 0.5) is 10.1 Å². The van der Waals surface area contributed by atoms with Gasteiger partial charge in [-0.3, -0.25) is 4.79 Å². The third-order valence-electron chi connectivity index (χ3n) is 4.54. The van der Waals surface area contributed by atoms with Gasteiger partial charge >= 0.3 is 5.97 Å². The van der Waals surface area contributed by atoms with Crippen molar-refractivity contribution in [2.75, 3.05) is 18.5 Å². The zero-order valence-electron chi connectivity index (χ0n) is 18.3. The minimum atomic E-state index is -0.634. The van der Waals surface area contributed by atoms with Crippen LogP contribution in [0.1, 0.15) is 28.4 Å². The number of para-hydroxylation sites is 1. The van der Waals surface area contributed by atoms with E-state index in [9.17, 15) is 14.0 Å². The molecule has 8 heteroatoms. The molecule has 2 N–H and O–H groups in total. The van der Waals surface area contributed by atoms with Gasteiger partial charge in [0.15, 0.2) is 11.5 Å². The molecule has 0 heterocycles. The van der Waals surface area contributed by atoms with Gasteiger partial charge in [-0.05, 0) is 73.5 Å². The fourth-order valence-electron chi connectivity index (χ4n) is 2.87. The number of aryl methyl sites for hydroxylation is 1. The summed E-state index contributed by atoms with van der Waals surface area (Å²) >= 11 is 0. The summed E-state index contributed by atoms with van der Waals surface area (Å²) in [5.74, 6) is -0.822. The van der Waals surface area contributed by atoms with E-state index in [1.54, 1.807) is 25.1 Å². The van der Waals surface area contributed by atoms with Crippen LogP contribution >= 0.6 is 0 Å². The number of nitrogens with zero attached hydrogens (tertiary/aromatic N) is 1. The number of anilines is 1. The van der Waals surface area contributed by atoms with Gasteiger partial charge in [-0.1, -0.05) is 18.2 Å². The molecule has 3 aromatic rings. The molecule has 170 valence electrons. The monoisotopic (exact) mass is 449 g/mol. The lowest BCUT2D eigenvalue weighted by molar-refractivity contribution is -0.119. The average molecular weight is 449 g/mol. The number of hydrogen-bond acceptors (Lipinski definition) is 6. The van der Waals surface area contributed by atoms with Crippen molar-refractivity contribution >= 4 is 23.8 Å². The van der Waals surface area contributed by atoms with Gasteiger partial charge in [0.1, 0.15) is 5.82 Å². The molecule has 0 atom stereocenters. The van der Waals surface area contributed by atoms with Gasteiger partial charge in [-0.15, -0.1) is 0 Å². The van der Waals surface area contributed by atoms with Crippen LogP contribution in [0, 0.1) is 12.7 Å². The number of rotatable bonds is 9. The molecule has 0 aliphatic heterocycles. The van der Waals surface area contributed by atoms with Crippen molar-refractivity contribution in [1.29, 1.82) is 0 Å². The Labute approximate surface area is 191 Å². The second kappa shape index (κ2) is 11.4. The van der Waals surface area contributed by atoms with Gasteiger partial charge in [0.25, 0.3) is 5.91 Å². The predicted octanol–water partition coefficient (Wildman–Crippen LogP) is 4.31. The van der Waals surface area contributed by atoms with E-state index in [0.29, 0.717) is 17.9 Å². The smallest absolute Gasteiger partial charge is 0.343 e. The second-order valence-electron chi connectivity index (χ2n) is 7.00. The van der Waals surface area contributed by atoms with Crippen molar-refractivity contribution in [3.8, 4) is 11.5 Å². The third-order valence-corrected chi connectivity index (χ3v) is 4.54. The van der Waals surface area contributed by atoms with Crippen molar-refractivity contribution in [3.05, 3.63) is 89.2 Å². The number of hydrazone groups is 1. The number of amides is 1. The normalized spacial score (nSPS) is 10.6. The molecule has 33 heavy (non-hydrogen) atoms. The quantitative estimate of drug-likeness (QED) is 0.220. The predicted molar refractivity (Wildman–Crippen MR) is 124 cm³/mol. The second-order valence-corrected chi connectivity index (χ2v) is 7.00. The lowest BCUT2D eigenvalue weighted by atomic mass is 10.2. The van der Waals surface area contributed by atoms with Crippen LogP contribution in [0.3, 0.4) is 0 Å². The van der Waals surface area contributed by atoms with Crippen molar-refractivity contribution in [2.45, 2.75) is 13.8 Å². The highest BCUT2D eigenvalue weighted by Gasteiger charge is 2.13. The fourth-order valence-corrected chi connectivity index (χ4v) is 2.87. The van der Waals surface area contributed by atoms with E-state index >= 15 is 0 Å². The van der Waals surface area contributed by atoms with E-state index in [0.717, 1.165) is 11.3 Å². The van der Waals surface area contributed by atoms with Gasteiger partial charge in [0.2, 0.25) is 0 Å². The third kappa shape index (κ3) is 6.90. The SMILES string of the molecule is CCOc1cc(/C=N\NC(=O)CNc2ccccc2C)ccc1OC(=O)c1ccc(F)cc1. The molecule has 0 saturated carbocycles. The lowest BCUT2D eigenvalue weighted by Crippen LogP contribution is -2.26. The topological polar surface area (TPSA) is 89.0 Å². The summed E-state index contributed by atoms with van der Waals surface area (Å²) in [6.07, 6.45) is 1.46. The first kappa shape index (κ1) is 23.5. The minimum Gasteiger partial charge on any atom is -0.490 e. The minimum absolute atomic E-state index is 0.0741. The summed E-state index contributed by atoms with van der Waals surface area (Å²) in [7, 11) is 0. The highest BCUT2D eigenvalue weighted by Crippen LogP contribution is 2.29. The summed E-state index contributed by atoms with van der Waals surface area (Å²) in [6, 6.07) is 17.6. The molecule has 3 aromatic carbocycles. The summed E-state index contributed by atoms with van der Waals surface area (Å²) in [5, 5.41) is 7.01. The van der Waals surface area contributed by atoms with Crippen molar-refractivity contribution in [3.63, 3.8) is 0 Å². The Bertz CT molecular complexity index is 1150. The summed E-state index contributed by atoms with van der Waals surface area (Å²) in [5.41, 5.74) is 5.22. The van der Waals surface area contributed by atoms with Crippen LogP contribution in [0.5, 0.6) is 11.5 Å². The van der Waals surface area contributed by atoms with Gasteiger partial charge in [-0.25, -0.2) is 14.6 Å². The zero-order chi connectivity index (χ0) is 23.6. The average Bonchev–Trinajstić information content (AvgIpc) is 2.80. The zero-order valence-corrected chi connectivity index (χ0v) is 18.3. The molecule has 0 fully saturated rings. The highest BCUT2D eigenvalue weighted by molar-refractivity contribution is 5.91. The fraction of sp³-hybridized carbons (Fsp3) is 0.160. The Morgan fingerprint density at radius 2 is 1.79 bits per heavy atom. The molecule has 7 nitrogen and oxygen atoms in total. The number of benzene rings is 3. The van der Waals surface area contributed by atoms with Gasteiger partial charge in [0.05, 0.1) is 24.9 Å². The van der Waals surface area contributed by atoms with Crippen molar-refractivity contribution in [1.82, 2.24) is 5.43 Å². The molecule has 0 spiro atoms. The first-order valence-corrected chi connectivity index (χ1v) is 10.3. The van der Waals surface area contributed by atoms with E-state index < -0.39 is 11.8 Å². The molecule has 0 bridgehead atoms. The van der Waals surface area contributed by atoms with Crippen LogP contribution in [-0.2, 0) is 4.79 Å². The maximum atomic E-state index is 13.1. The molecule has 0 unspecified atom stereocenters. The van der Waals surface area contributed by atoms with E-state index in [4.69, 9.17) is 9.47 Å². The Morgan fingerprint density at radius 3 is 2.52 bits per heavy atom. The Balaban J connectivity index is 1.60. The first-order valence-electron chi connectivity index (χ1n) is 10.3. The van der Waals surface area contributed by atoms with Crippen molar-refractivity contribution in [2.24, 2.45) is 5.10 Å². The largest absolute Gasteiger partial charge is 0.490 e. The van der Waals surface area contributed by atoms with Gasteiger partial charge < -0.3 is 14.8 Å². The molecule has 3 rings (SSSR count). The summed E-state index contributed by atoms with van der Waals surface area (Å²) in [6.45, 7) is 4.18. The van der Waals surface area contributed by atoms with Crippen LogP contribution in [-0.4, -0.2) is 31.2 Å². The Morgan fingerprint density at radius 1 is 1.03 bits per heavy atom. The Kier molecular flexibility index (Phi) is 8.13. The van der Waals surface area contributed by atoms with E-state index in [1.807, 2.05) is 31.2 Å².